The Morgan fingerprint density at radius 1 is 1.05 bits per heavy atom. The van der Waals surface area contributed by atoms with Gasteiger partial charge in [0.1, 0.15) is 0 Å². The van der Waals surface area contributed by atoms with Crippen LogP contribution in [0.1, 0.15) is 37.4 Å². The van der Waals surface area contributed by atoms with E-state index in [1.807, 2.05) is 0 Å². The Bertz CT molecular complexity index is 1310. The second-order valence-corrected chi connectivity index (χ2v) is 7.75. The second kappa shape index (κ2) is 11.1. The van der Waals surface area contributed by atoms with E-state index >= 15 is 4.39 Å². The number of pyridine rings is 1. The van der Waals surface area contributed by atoms with Gasteiger partial charge in [-0.05, 0) is 12.1 Å². The van der Waals surface area contributed by atoms with E-state index in [4.69, 9.17) is 18.9 Å². The first-order valence-corrected chi connectivity index (χ1v) is 10.7. The van der Waals surface area contributed by atoms with Gasteiger partial charge in [-0.15, -0.1) is 0 Å². The van der Waals surface area contributed by atoms with Crippen LogP contribution >= 0.6 is 0 Å². The summed E-state index contributed by atoms with van der Waals surface area (Å²) in [5.41, 5.74) is -1.98. The summed E-state index contributed by atoms with van der Waals surface area (Å²) in [5.74, 6) is -6.76. The SMILES string of the molecule is CC(=O)OC[C@@]1(F)O[C@@H](n2ccc(=O)n(COC(=O)c3cccnc3)c2=O)[C@H](OC(C)=O)[C@@H]1OC(C)=O. The molecule has 37 heavy (non-hydrogen) atoms. The van der Waals surface area contributed by atoms with Crippen LogP contribution < -0.4 is 11.2 Å². The van der Waals surface area contributed by atoms with E-state index in [0.29, 0.717) is 9.13 Å². The molecule has 4 atom stereocenters. The van der Waals surface area contributed by atoms with Crippen molar-refractivity contribution in [2.24, 2.45) is 0 Å². The smallest absolute Gasteiger partial charge is 0.341 e. The third kappa shape index (κ3) is 6.24. The highest BCUT2D eigenvalue weighted by atomic mass is 19.2. The van der Waals surface area contributed by atoms with E-state index in [2.05, 4.69) is 9.72 Å². The molecule has 0 bridgehead atoms. The fraction of sp³-hybridized carbons (Fsp3) is 0.409. The number of hydrogen-bond donors (Lipinski definition) is 0. The molecule has 0 spiro atoms. The number of ether oxygens (including phenoxy) is 5. The van der Waals surface area contributed by atoms with E-state index in [1.165, 1.54) is 24.5 Å². The van der Waals surface area contributed by atoms with Crippen LogP contribution in [0, 0.1) is 0 Å². The van der Waals surface area contributed by atoms with Crippen LogP contribution in [-0.2, 0) is 44.8 Å². The quantitative estimate of drug-likeness (QED) is 0.331. The summed E-state index contributed by atoms with van der Waals surface area (Å²) in [6, 6.07) is 3.76. The van der Waals surface area contributed by atoms with Gasteiger partial charge in [0.05, 0.1) is 5.56 Å². The zero-order chi connectivity index (χ0) is 27.3. The van der Waals surface area contributed by atoms with E-state index in [1.54, 1.807) is 0 Å². The van der Waals surface area contributed by atoms with Crippen molar-refractivity contribution in [1.82, 2.24) is 14.1 Å². The predicted octanol–water partition coefficient (Wildman–Crippen LogP) is -0.159. The standard InChI is InChI=1S/C22H22FN3O11/c1-12(27)33-10-22(23)18(36-14(3)29)17(35-13(2)28)19(37-22)25-8-6-16(30)26(21(25)32)11-34-20(31)15-5-4-7-24-9-15/h4-9,17-19H,10-11H2,1-3H3/t17-,18+,19-,22-/m1/s1. The molecule has 2 aromatic rings. The number of carbonyl (C=O) groups is 4. The normalized spacial score (nSPS) is 22.6. The lowest BCUT2D eigenvalue weighted by atomic mass is 10.1. The number of esters is 4. The van der Waals surface area contributed by atoms with Crippen molar-refractivity contribution < 1.29 is 47.3 Å². The minimum absolute atomic E-state index is 0.0535. The lowest BCUT2D eigenvalue weighted by Gasteiger charge is -2.26. The molecule has 2 aromatic heterocycles. The average molecular weight is 523 g/mol. The number of halogens is 1. The minimum atomic E-state index is -3.05. The molecule has 0 amide bonds. The molecule has 198 valence electrons. The predicted molar refractivity (Wildman–Crippen MR) is 116 cm³/mol. The van der Waals surface area contributed by atoms with Crippen LogP contribution in [-0.4, -0.2) is 62.7 Å². The zero-order valence-corrected chi connectivity index (χ0v) is 19.8. The summed E-state index contributed by atoms with van der Waals surface area (Å²) >= 11 is 0. The third-order valence-corrected chi connectivity index (χ3v) is 4.98. The molecule has 0 saturated carbocycles. The molecule has 0 N–H and O–H groups in total. The minimum Gasteiger partial charge on any atom is -0.460 e. The molecular weight excluding hydrogens is 501 g/mol. The van der Waals surface area contributed by atoms with Gasteiger partial charge in [0.25, 0.3) is 11.4 Å². The largest absolute Gasteiger partial charge is 0.460 e. The van der Waals surface area contributed by atoms with Crippen molar-refractivity contribution in [3.05, 3.63) is 63.2 Å². The van der Waals surface area contributed by atoms with Crippen molar-refractivity contribution in [3.8, 4) is 0 Å². The van der Waals surface area contributed by atoms with Crippen LogP contribution in [0.15, 0.2) is 46.4 Å². The Hall–Kier alpha value is -4.40. The summed E-state index contributed by atoms with van der Waals surface area (Å²) < 4.78 is 42.1. The Balaban J connectivity index is 1.99. The van der Waals surface area contributed by atoms with Crippen LogP contribution in [0.5, 0.6) is 0 Å². The second-order valence-electron chi connectivity index (χ2n) is 7.75. The van der Waals surface area contributed by atoms with Gasteiger partial charge in [-0.1, -0.05) is 0 Å². The van der Waals surface area contributed by atoms with Gasteiger partial charge < -0.3 is 23.7 Å². The Labute approximate surface area is 207 Å². The van der Waals surface area contributed by atoms with Crippen molar-refractivity contribution in [2.75, 3.05) is 6.61 Å². The summed E-state index contributed by atoms with van der Waals surface area (Å²) in [4.78, 5) is 76.2. The van der Waals surface area contributed by atoms with Crippen molar-refractivity contribution in [3.63, 3.8) is 0 Å². The first-order chi connectivity index (χ1) is 17.4. The topological polar surface area (TPSA) is 171 Å². The number of rotatable bonds is 8. The highest BCUT2D eigenvalue weighted by Crippen LogP contribution is 2.41. The van der Waals surface area contributed by atoms with E-state index in [9.17, 15) is 28.8 Å². The molecule has 1 saturated heterocycles. The first-order valence-electron chi connectivity index (χ1n) is 10.7. The number of alkyl halides is 1. The lowest BCUT2D eigenvalue weighted by Crippen LogP contribution is -2.48. The van der Waals surface area contributed by atoms with Gasteiger partial charge >= 0.3 is 29.6 Å². The summed E-state index contributed by atoms with van der Waals surface area (Å²) in [5, 5.41) is 0. The van der Waals surface area contributed by atoms with E-state index in [0.717, 1.165) is 33.0 Å². The van der Waals surface area contributed by atoms with Gasteiger partial charge in [0.15, 0.2) is 25.7 Å². The average Bonchev–Trinajstić information content (AvgIpc) is 3.08. The fourth-order valence-electron chi connectivity index (χ4n) is 3.44. The van der Waals surface area contributed by atoms with Crippen LogP contribution in [0.2, 0.25) is 0 Å². The molecule has 1 aliphatic heterocycles. The molecule has 0 unspecified atom stereocenters. The van der Waals surface area contributed by atoms with Crippen molar-refractivity contribution in [1.29, 1.82) is 0 Å². The molecular formula is C22H22FN3O11. The molecule has 3 rings (SSSR count). The Morgan fingerprint density at radius 2 is 1.76 bits per heavy atom. The molecule has 0 aromatic carbocycles. The number of aromatic nitrogens is 3. The maximum Gasteiger partial charge on any atom is 0.341 e. The Morgan fingerprint density at radius 3 is 2.35 bits per heavy atom. The van der Waals surface area contributed by atoms with Crippen molar-refractivity contribution in [2.45, 2.75) is 51.8 Å². The van der Waals surface area contributed by atoms with Gasteiger partial charge in [-0.25, -0.2) is 18.5 Å². The van der Waals surface area contributed by atoms with Crippen LogP contribution in [0.3, 0.4) is 0 Å². The van der Waals surface area contributed by atoms with E-state index < -0.39 is 72.8 Å². The molecule has 0 radical (unpaired) electrons. The lowest BCUT2D eigenvalue weighted by molar-refractivity contribution is -0.223. The molecule has 14 nitrogen and oxygen atoms in total. The van der Waals surface area contributed by atoms with Crippen LogP contribution in [0.4, 0.5) is 4.39 Å². The molecule has 1 fully saturated rings. The van der Waals surface area contributed by atoms with Crippen molar-refractivity contribution >= 4 is 23.9 Å². The Kier molecular flexibility index (Phi) is 8.17. The zero-order valence-electron chi connectivity index (χ0n) is 19.8. The number of nitrogens with zero attached hydrogens (tertiary/aromatic N) is 3. The van der Waals surface area contributed by atoms with Gasteiger partial charge in [-0.2, -0.15) is 0 Å². The molecule has 1 aliphatic rings. The summed E-state index contributed by atoms with van der Waals surface area (Å²) in [6.07, 6.45) is -1.94. The van der Waals surface area contributed by atoms with Gasteiger partial charge in [-0.3, -0.25) is 28.7 Å². The first kappa shape index (κ1) is 27.2. The maximum absolute atomic E-state index is 15.9. The monoisotopic (exact) mass is 523 g/mol. The molecule has 15 heteroatoms. The summed E-state index contributed by atoms with van der Waals surface area (Å²) in [6.45, 7) is 1.01. The van der Waals surface area contributed by atoms with Gasteiger partial charge in [0, 0.05) is 45.4 Å². The van der Waals surface area contributed by atoms with Gasteiger partial charge in [0.2, 0.25) is 6.10 Å². The van der Waals surface area contributed by atoms with E-state index in [-0.39, 0.29) is 5.56 Å². The molecule has 3 heterocycles. The number of carbonyl (C=O) groups excluding carboxylic acids is 4. The number of hydrogen-bond acceptors (Lipinski definition) is 12. The fourth-order valence-corrected chi connectivity index (χ4v) is 3.44. The third-order valence-electron chi connectivity index (χ3n) is 4.98. The highest BCUT2D eigenvalue weighted by molar-refractivity contribution is 5.88. The highest BCUT2D eigenvalue weighted by Gasteiger charge is 2.62. The molecule has 0 aliphatic carbocycles. The van der Waals surface area contributed by atoms with Crippen LogP contribution in [0.25, 0.3) is 0 Å². The summed E-state index contributed by atoms with van der Waals surface area (Å²) in [7, 11) is 0. The maximum atomic E-state index is 15.9.